The maximum absolute atomic E-state index is 11.6. The predicted molar refractivity (Wildman–Crippen MR) is 64.9 cm³/mol. The van der Waals surface area contributed by atoms with Crippen LogP contribution in [-0.4, -0.2) is 18.7 Å². The first kappa shape index (κ1) is 12.4. The summed E-state index contributed by atoms with van der Waals surface area (Å²) >= 11 is 0. The van der Waals surface area contributed by atoms with Gasteiger partial charge in [0, 0.05) is 5.54 Å². The minimum Gasteiger partial charge on any atom is -0.495 e. The maximum atomic E-state index is 11.6. The molecule has 0 heterocycles. The third kappa shape index (κ3) is 3.81. The monoisotopic (exact) mass is 222 g/mol. The van der Waals surface area contributed by atoms with Crippen LogP contribution in [0.2, 0.25) is 0 Å². The molecular weight excluding hydrogens is 204 g/mol. The van der Waals surface area contributed by atoms with Crippen molar-refractivity contribution in [3.8, 4) is 5.75 Å². The van der Waals surface area contributed by atoms with E-state index in [1.54, 1.807) is 19.2 Å². The van der Waals surface area contributed by atoms with Crippen LogP contribution in [0.15, 0.2) is 24.3 Å². The number of urea groups is 1. The van der Waals surface area contributed by atoms with Gasteiger partial charge in [-0.15, -0.1) is 0 Å². The van der Waals surface area contributed by atoms with Gasteiger partial charge in [0.1, 0.15) is 5.75 Å². The molecule has 1 aromatic rings. The summed E-state index contributed by atoms with van der Waals surface area (Å²) in [6, 6.07) is 7.05. The molecule has 0 aliphatic carbocycles. The first-order valence-electron chi connectivity index (χ1n) is 5.14. The highest BCUT2D eigenvalue weighted by Crippen LogP contribution is 2.22. The molecule has 88 valence electrons. The van der Waals surface area contributed by atoms with Crippen molar-refractivity contribution in [1.82, 2.24) is 5.32 Å². The van der Waals surface area contributed by atoms with Gasteiger partial charge < -0.3 is 15.4 Å². The molecule has 16 heavy (non-hydrogen) atoms. The van der Waals surface area contributed by atoms with Crippen LogP contribution >= 0.6 is 0 Å². The van der Waals surface area contributed by atoms with E-state index in [1.165, 1.54) is 0 Å². The number of ether oxygens (including phenoxy) is 1. The number of nitrogens with one attached hydrogen (secondary N) is 2. The van der Waals surface area contributed by atoms with E-state index in [-0.39, 0.29) is 11.6 Å². The first-order valence-corrected chi connectivity index (χ1v) is 5.14. The van der Waals surface area contributed by atoms with Crippen LogP contribution in [0.4, 0.5) is 10.5 Å². The van der Waals surface area contributed by atoms with Crippen molar-refractivity contribution in [3.63, 3.8) is 0 Å². The Balaban J connectivity index is 2.70. The number of hydrogen-bond acceptors (Lipinski definition) is 2. The van der Waals surface area contributed by atoms with Crippen LogP contribution in [0.25, 0.3) is 0 Å². The summed E-state index contributed by atoms with van der Waals surface area (Å²) in [5, 5.41) is 5.56. The largest absolute Gasteiger partial charge is 0.495 e. The van der Waals surface area contributed by atoms with Crippen molar-refractivity contribution in [1.29, 1.82) is 0 Å². The number of amides is 2. The Bertz CT molecular complexity index is 370. The Morgan fingerprint density at radius 1 is 1.25 bits per heavy atom. The molecule has 0 fully saturated rings. The number of carbonyl (C=O) groups excluding carboxylic acids is 1. The fourth-order valence-corrected chi connectivity index (χ4v) is 1.24. The molecule has 1 aromatic carbocycles. The minimum absolute atomic E-state index is 0.239. The molecule has 2 amide bonds. The zero-order valence-corrected chi connectivity index (χ0v) is 10.1. The fourth-order valence-electron chi connectivity index (χ4n) is 1.24. The van der Waals surface area contributed by atoms with E-state index >= 15 is 0 Å². The van der Waals surface area contributed by atoms with Crippen molar-refractivity contribution in [2.24, 2.45) is 0 Å². The standard InChI is InChI=1S/C12H18N2O2/c1-12(2,3)14-11(15)13-9-7-5-6-8-10(9)16-4/h5-8H,1-4H3,(H2,13,14,15). The number of methoxy groups -OCH3 is 1. The molecule has 4 nitrogen and oxygen atoms in total. The first-order chi connectivity index (χ1) is 7.42. The van der Waals surface area contributed by atoms with E-state index in [2.05, 4.69) is 10.6 Å². The molecule has 1 rings (SSSR count). The summed E-state index contributed by atoms with van der Waals surface area (Å²) in [6.07, 6.45) is 0. The summed E-state index contributed by atoms with van der Waals surface area (Å²) in [5.74, 6) is 0.645. The van der Waals surface area contributed by atoms with Crippen molar-refractivity contribution >= 4 is 11.7 Å². The predicted octanol–water partition coefficient (Wildman–Crippen LogP) is 2.62. The van der Waals surface area contributed by atoms with Crippen LogP contribution in [0.3, 0.4) is 0 Å². The molecule has 0 unspecified atom stereocenters. The zero-order chi connectivity index (χ0) is 12.2. The molecule has 0 aromatic heterocycles. The Morgan fingerprint density at radius 3 is 2.44 bits per heavy atom. The Labute approximate surface area is 96.0 Å². The lowest BCUT2D eigenvalue weighted by Gasteiger charge is -2.21. The molecular formula is C12H18N2O2. The lowest BCUT2D eigenvalue weighted by molar-refractivity contribution is 0.243. The van der Waals surface area contributed by atoms with Crippen molar-refractivity contribution in [3.05, 3.63) is 24.3 Å². The van der Waals surface area contributed by atoms with Gasteiger partial charge in [-0.3, -0.25) is 0 Å². The number of para-hydroxylation sites is 2. The molecule has 2 N–H and O–H groups in total. The van der Waals surface area contributed by atoms with Gasteiger partial charge >= 0.3 is 6.03 Å². The number of hydrogen-bond donors (Lipinski definition) is 2. The van der Waals surface area contributed by atoms with Crippen molar-refractivity contribution in [2.45, 2.75) is 26.3 Å². The summed E-state index contributed by atoms with van der Waals surface area (Å²) in [6.45, 7) is 5.78. The molecule has 0 spiro atoms. The van der Waals surface area contributed by atoms with Crippen LogP contribution < -0.4 is 15.4 Å². The van der Waals surface area contributed by atoms with E-state index in [0.717, 1.165) is 0 Å². The highest BCUT2D eigenvalue weighted by molar-refractivity contribution is 5.91. The zero-order valence-electron chi connectivity index (χ0n) is 10.1. The third-order valence-electron chi connectivity index (χ3n) is 1.84. The van der Waals surface area contributed by atoms with E-state index < -0.39 is 0 Å². The molecule has 0 aliphatic heterocycles. The Hall–Kier alpha value is -1.71. The Kier molecular flexibility index (Phi) is 3.77. The molecule has 0 radical (unpaired) electrons. The van der Waals surface area contributed by atoms with Gasteiger partial charge in [-0.05, 0) is 32.9 Å². The molecule has 0 saturated carbocycles. The average molecular weight is 222 g/mol. The fraction of sp³-hybridized carbons (Fsp3) is 0.417. The number of carbonyl (C=O) groups is 1. The normalized spacial score (nSPS) is 10.8. The quantitative estimate of drug-likeness (QED) is 0.808. The lowest BCUT2D eigenvalue weighted by atomic mass is 10.1. The summed E-state index contributed by atoms with van der Waals surface area (Å²) in [5.41, 5.74) is 0.401. The Morgan fingerprint density at radius 2 is 1.88 bits per heavy atom. The number of rotatable bonds is 2. The SMILES string of the molecule is COc1ccccc1NC(=O)NC(C)(C)C. The van der Waals surface area contributed by atoms with Gasteiger partial charge in [-0.1, -0.05) is 12.1 Å². The van der Waals surface area contributed by atoms with E-state index in [0.29, 0.717) is 11.4 Å². The van der Waals surface area contributed by atoms with Gasteiger partial charge in [0.25, 0.3) is 0 Å². The van der Waals surface area contributed by atoms with Gasteiger partial charge in [0.15, 0.2) is 0 Å². The van der Waals surface area contributed by atoms with Gasteiger partial charge in [-0.2, -0.15) is 0 Å². The second-order valence-electron chi connectivity index (χ2n) is 4.53. The summed E-state index contributed by atoms with van der Waals surface area (Å²) in [4.78, 5) is 11.6. The van der Waals surface area contributed by atoms with Gasteiger partial charge in [-0.25, -0.2) is 4.79 Å². The number of benzene rings is 1. The van der Waals surface area contributed by atoms with Crippen LogP contribution in [0, 0.1) is 0 Å². The molecule has 0 atom stereocenters. The number of anilines is 1. The summed E-state index contributed by atoms with van der Waals surface area (Å²) < 4.78 is 5.13. The molecule has 0 saturated heterocycles. The maximum Gasteiger partial charge on any atom is 0.319 e. The molecule has 4 heteroatoms. The van der Waals surface area contributed by atoms with E-state index in [1.807, 2.05) is 32.9 Å². The third-order valence-corrected chi connectivity index (χ3v) is 1.84. The highest BCUT2D eigenvalue weighted by Gasteiger charge is 2.14. The second-order valence-corrected chi connectivity index (χ2v) is 4.53. The smallest absolute Gasteiger partial charge is 0.319 e. The van der Waals surface area contributed by atoms with Crippen LogP contribution in [-0.2, 0) is 0 Å². The lowest BCUT2D eigenvalue weighted by Crippen LogP contribution is -2.43. The minimum atomic E-state index is -0.258. The van der Waals surface area contributed by atoms with Crippen LogP contribution in [0.1, 0.15) is 20.8 Å². The molecule has 0 aliphatic rings. The van der Waals surface area contributed by atoms with E-state index in [9.17, 15) is 4.79 Å². The van der Waals surface area contributed by atoms with Crippen molar-refractivity contribution in [2.75, 3.05) is 12.4 Å². The van der Waals surface area contributed by atoms with Gasteiger partial charge in [0.05, 0.1) is 12.8 Å². The van der Waals surface area contributed by atoms with Crippen LogP contribution in [0.5, 0.6) is 5.75 Å². The topological polar surface area (TPSA) is 50.4 Å². The van der Waals surface area contributed by atoms with Crippen molar-refractivity contribution < 1.29 is 9.53 Å². The average Bonchev–Trinajstić information content (AvgIpc) is 2.15. The van der Waals surface area contributed by atoms with Gasteiger partial charge in [0.2, 0.25) is 0 Å². The highest BCUT2D eigenvalue weighted by atomic mass is 16.5. The molecule has 0 bridgehead atoms. The second kappa shape index (κ2) is 4.88. The summed E-state index contributed by atoms with van der Waals surface area (Å²) in [7, 11) is 1.57. The van der Waals surface area contributed by atoms with E-state index in [4.69, 9.17) is 4.74 Å².